The lowest BCUT2D eigenvalue weighted by molar-refractivity contribution is 0.0600. The maximum atomic E-state index is 12.8. The number of carbonyl (C=O) groups is 3. The summed E-state index contributed by atoms with van der Waals surface area (Å²) in [5, 5.41) is 2.93. The van der Waals surface area contributed by atoms with Crippen molar-refractivity contribution in [3.8, 4) is 0 Å². The molecule has 0 radical (unpaired) electrons. The normalized spacial score (nSPS) is 13.4. The standard InChI is InChI=1S/C26H25N3O4/c1-33-26(32)21-12-13-23(22(18-21)27-24(30)19-8-4-2-5-9-19)28-14-16-29(17-15-28)25(31)20-10-6-3-7-11-20/h2-13,18H,14-17H2,1H3,(H,27,30). The molecule has 1 N–H and O–H groups in total. The van der Waals surface area contributed by atoms with Gasteiger partial charge >= 0.3 is 5.97 Å². The molecule has 0 unspecified atom stereocenters. The molecule has 1 saturated heterocycles. The van der Waals surface area contributed by atoms with Crippen LogP contribution in [0, 0.1) is 0 Å². The number of amides is 2. The molecule has 0 bridgehead atoms. The molecule has 0 atom stereocenters. The van der Waals surface area contributed by atoms with Crippen molar-refractivity contribution in [2.75, 3.05) is 43.5 Å². The average molecular weight is 444 g/mol. The molecule has 168 valence electrons. The third-order valence-electron chi connectivity index (χ3n) is 5.63. The number of hydrogen-bond donors (Lipinski definition) is 1. The van der Waals surface area contributed by atoms with Crippen molar-refractivity contribution in [2.24, 2.45) is 0 Å². The van der Waals surface area contributed by atoms with Crippen molar-refractivity contribution < 1.29 is 19.1 Å². The van der Waals surface area contributed by atoms with Crippen LogP contribution in [0.2, 0.25) is 0 Å². The molecule has 2 amide bonds. The average Bonchev–Trinajstić information content (AvgIpc) is 2.89. The highest BCUT2D eigenvalue weighted by molar-refractivity contribution is 6.07. The van der Waals surface area contributed by atoms with Crippen LogP contribution in [0.4, 0.5) is 11.4 Å². The van der Waals surface area contributed by atoms with E-state index >= 15 is 0 Å². The van der Waals surface area contributed by atoms with Gasteiger partial charge in [0, 0.05) is 37.3 Å². The highest BCUT2D eigenvalue weighted by atomic mass is 16.5. The number of piperazine rings is 1. The summed E-state index contributed by atoms with van der Waals surface area (Å²) in [5.74, 6) is -0.735. The van der Waals surface area contributed by atoms with E-state index < -0.39 is 5.97 Å². The van der Waals surface area contributed by atoms with E-state index in [2.05, 4.69) is 10.2 Å². The number of benzene rings is 3. The summed E-state index contributed by atoms with van der Waals surface area (Å²) in [6.45, 7) is 2.31. The highest BCUT2D eigenvalue weighted by Crippen LogP contribution is 2.29. The summed E-state index contributed by atoms with van der Waals surface area (Å²) < 4.78 is 4.84. The number of rotatable bonds is 5. The van der Waals surface area contributed by atoms with Crippen molar-refractivity contribution in [3.63, 3.8) is 0 Å². The Kier molecular flexibility index (Phi) is 6.69. The van der Waals surface area contributed by atoms with Crippen LogP contribution in [0.5, 0.6) is 0 Å². The van der Waals surface area contributed by atoms with E-state index in [1.165, 1.54) is 7.11 Å². The third kappa shape index (κ3) is 5.03. The summed E-state index contributed by atoms with van der Waals surface area (Å²) in [5.41, 5.74) is 2.85. The third-order valence-corrected chi connectivity index (χ3v) is 5.63. The Morgan fingerprint density at radius 3 is 1.97 bits per heavy atom. The minimum absolute atomic E-state index is 0.00823. The van der Waals surface area contributed by atoms with E-state index in [1.807, 2.05) is 47.4 Å². The van der Waals surface area contributed by atoms with Gasteiger partial charge < -0.3 is 19.9 Å². The predicted octanol–water partition coefficient (Wildman–Crippen LogP) is 3.69. The number of nitrogens with one attached hydrogen (secondary N) is 1. The lowest BCUT2D eigenvalue weighted by Gasteiger charge is -2.37. The van der Waals surface area contributed by atoms with Crippen LogP contribution in [-0.4, -0.2) is 56.0 Å². The van der Waals surface area contributed by atoms with E-state index in [-0.39, 0.29) is 11.8 Å². The predicted molar refractivity (Wildman–Crippen MR) is 127 cm³/mol. The Hall–Kier alpha value is -4.13. The van der Waals surface area contributed by atoms with Crippen molar-refractivity contribution in [1.82, 2.24) is 4.90 Å². The maximum Gasteiger partial charge on any atom is 0.337 e. The molecule has 7 heteroatoms. The first-order valence-electron chi connectivity index (χ1n) is 10.7. The number of anilines is 2. The second kappa shape index (κ2) is 9.99. The number of methoxy groups -OCH3 is 1. The quantitative estimate of drug-likeness (QED) is 0.609. The summed E-state index contributed by atoms with van der Waals surface area (Å²) in [4.78, 5) is 41.6. The van der Waals surface area contributed by atoms with E-state index in [0.29, 0.717) is 48.6 Å². The fraction of sp³-hybridized carbons (Fsp3) is 0.192. The Balaban J connectivity index is 1.54. The smallest absolute Gasteiger partial charge is 0.337 e. The first kappa shape index (κ1) is 22.1. The highest BCUT2D eigenvalue weighted by Gasteiger charge is 2.24. The Morgan fingerprint density at radius 1 is 0.758 bits per heavy atom. The molecule has 0 aliphatic carbocycles. The number of ether oxygens (including phenoxy) is 1. The Labute approximate surface area is 192 Å². The van der Waals surface area contributed by atoms with Crippen LogP contribution in [0.3, 0.4) is 0 Å². The van der Waals surface area contributed by atoms with Gasteiger partial charge in [0.2, 0.25) is 0 Å². The molecule has 0 saturated carbocycles. The molecule has 33 heavy (non-hydrogen) atoms. The van der Waals surface area contributed by atoms with Gasteiger partial charge in [-0.2, -0.15) is 0 Å². The second-order valence-corrected chi connectivity index (χ2v) is 7.69. The zero-order valence-corrected chi connectivity index (χ0v) is 18.4. The van der Waals surface area contributed by atoms with Crippen LogP contribution in [-0.2, 0) is 4.74 Å². The van der Waals surface area contributed by atoms with E-state index in [4.69, 9.17) is 4.74 Å². The summed E-state index contributed by atoms with van der Waals surface area (Å²) in [6.07, 6.45) is 0. The maximum absolute atomic E-state index is 12.8. The second-order valence-electron chi connectivity index (χ2n) is 7.69. The summed E-state index contributed by atoms with van der Waals surface area (Å²) in [7, 11) is 1.32. The fourth-order valence-electron chi connectivity index (χ4n) is 3.85. The van der Waals surface area contributed by atoms with E-state index in [9.17, 15) is 14.4 Å². The minimum Gasteiger partial charge on any atom is -0.465 e. The van der Waals surface area contributed by atoms with Crippen molar-refractivity contribution in [1.29, 1.82) is 0 Å². The number of nitrogens with zero attached hydrogens (tertiary/aromatic N) is 2. The Bertz CT molecular complexity index is 1140. The molecule has 3 aromatic carbocycles. The van der Waals surface area contributed by atoms with Gasteiger partial charge in [0.1, 0.15) is 0 Å². The summed E-state index contributed by atoms with van der Waals surface area (Å²) >= 11 is 0. The van der Waals surface area contributed by atoms with Crippen molar-refractivity contribution in [2.45, 2.75) is 0 Å². The van der Waals surface area contributed by atoms with Crippen LogP contribution in [0.15, 0.2) is 78.9 Å². The molecule has 7 nitrogen and oxygen atoms in total. The molecular weight excluding hydrogens is 418 g/mol. The van der Waals surface area contributed by atoms with Crippen LogP contribution in [0.1, 0.15) is 31.1 Å². The largest absolute Gasteiger partial charge is 0.465 e. The molecule has 1 aliphatic rings. The van der Waals surface area contributed by atoms with Gasteiger partial charge in [-0.1, -0.05) is 36.4 Å². The molecular formula is C26H25N3O4. The molecule has 4 rings (SSSR count). The van der Waals surface area contributed by atoms with Gasteiger partial charge in [0.25, 0.3) is 11.8 Å². The molecule has 0 spiro atoms. The monoisotopic (exact) mass is 443 g/mol. The minimum atomic E-state index is -0.477. The van der Waals surface area contributed by atoms with Crippen LogP contribution in [0.25, 0.3) is 0 Å². The van der Waals surface area contributed by atoms with Gasteiger partial charge in [0.15, 0.2) is 0 Å². The van der Waals surface area contributed by atoms with E-state index in [0.717, 1.165) is 5.69 Å². The zero-order chi connectivity index (χ0) is 23.2. The number of carbonyl (C=O) groups excluding carboxylic acids is 3. The topological polar surface area (TPSA) is 79.0 Å². The van der Waals surface area contributed by atoms with Crippen molar-refractivity contribution >= 4 is 29.2 Å². The molecule has 1 fully saturated rings. The fourth-order valence-corrected chi connectivity index (χ4v) is 3.85. The molecule has 3 aromatic rings. The van der Waals surface area contributed by atoms with Crippen molar-refractivity contribution in [3.05, 3.63) is 95.6 Å². The van der Waals surface area contributed by atoms with E-state index in [1.54, 1.807) is 36.4 Å². The van der Waals surface area contributed by atoms with Gasteiger partial charge in [-0.25, -0.2) is 4.79 Å². The van der Waals surface area contributed by atoms with Crippen LogP contribution >= 0.6 is 0 Å². The molecule has 1 aliphatic heterocycles. The number of hydrogen-bond acceptors (Lipinski definition) is 5. The van der Waals surface area contributed by atoms with Gasteiger partial charge in [-0.3, -0.25) is 9.59 Å². The lowest BCUT2D eigenvalue weighted by atomic mass is 10.1. The van der Waals surface area contributed by atoms with Crippen LogP contribution < -0.4 is 10.2 Å². The lowest BCUT2D eigenvalue weighted by Crippen LogP contribution is -2.49. The first-order chi connectivity index (χ1) is 16.1. The zero-order valence-electron chi connectivity index (χ0n) is 18.4. The van der Waals surface area contributed by atoms with Gasteiger partial charge in [-0.05, 0) is 42.5 Å². The Morgan fingerprint density at radius 2 is 1.36 bits per heavy atom. The molecule has 0 aromatic heterocycles. The first-order valence-corrected chi connectivity index (χ1v) is 10.7. The SMILES string of the molecule is COC(=O)c1ccc(N2CCN(C(=O)c3ccccc3)CC2)c(NC(=O)c2ccccc2)c1. The molecule has 1 heterocycles. The van der Waals surface area contributed by atoms with Gasteiger partial charge in [-0.15, -0.1) is 0 Å². The van der Waals surface area contributed by atoms with Gasteiger partial charge in [0.05, 0.1) is 24.0 Å². The number of esters is 1. The summed E-state index contributed by atoms with van der Waals surface area (Å²) in [6, 6.07) is 23.2.